The minimum absolute atomic E-state index is 0.307. The molecule has 0 N–H and O–H groups in total. The van der Waals surface area contributed by atoms with Crippen LogP contribution in [0.25, 0.3) is 0 Å². The average molecular weight is 356 g/mol. The van der Waals surface area contributed by atoms with Gasteiger partial charge in [-0.15, -0.1) is 0 Å². The lowest BCUT2D eigenvalue weighted by Crippen LogP contribution is -2.35. The van der Waals surface area contributed by atoms with Crippen molar-refractivity contribution in [1.82, 2.24) is 0 Å². The molecular formula is C22H16N2O3. The minimum Gasteiger partial charge on any atom is -0.471 e. The summed E-state index contributed by atoms with van der Waals surface area (Å²) in [6.07, 6.45) is 0. The van der Waals surface area contributed by atoms with E-state index in [1.165, 1.54) is 4.90 Å². The number of carbonyl (C=O) groups is 2. The van der Waals surface area contributed by atoms with Crippen molar-refractivity contribution in [3.63, 3.8) is 0 Å². The highest BCUT2D eigenvalue weighted by atomic mass is 16.5. The molecule has 0 spiro atoms. The fourth-order valence-corrected chi connectivity index (χ4v) is 3.64. The number of hydrogen-bond donors (Lipinski definition) is 0. The van der Waals surface area contributed by atoms with E-state index < -0.39 is 0 Å². The molecule has 0 saturated heterocycles. The van der Waals surface area contributed by atoms with Crippen LogP contribution in [0.5, 0.6) is 5.75 Å². The number of benzene rings is 3. The van der Waals surface area contributed by atoms with E-state index in [2.05, 4.69) is 4.90 Å². The van der Waals surface area contributed by atoms with E-state index in [1.54, 1.807) is 30.3 Å². The van der Waals surface area contributed by atoms with Crippen LogP contribution in [0, 0.1) is 0 Å². The fraction of sp³-hybridized carbons (Fsp3) is 0.0909. The molecule has 0 fully saturated rings. The predicted molar refractivity (Wildman–Crippen MR) is 102 cm³/mol. The van der Waals surface area contributed by atoms with Crippen LogP contribution in [0.4, 0.5) is 11.4 Å². The first kappa shape index (κ1) is 15.6. The summed E-state index contributed by atoms with van der Waals surface area (Å²) in [6, 6.07) is 22.5. The Bertz CT molecular complexity index is 1030. The van der Waals surface area contributed by atoms with Crippen LogP contribution < -0.4 is 14.5 Å². The molecule has 3 aromatic carbocycles. The number of anilines is 2. The quantitative estimate of drug-likeness (QED) is 0.655. The zero-order valence-electron chi connectivity index (χ0n) is 14.5. The molecule has 0 atom stereocenters. The zero-order valence-corrected chi connectivity index (χ0v) is 14.5. The highest BCUT2D eigenvalue weighted by Gasteiger charge is 2.38. The molecule has 2 aliphatic rings. The second-order valence-electron chi connectivity index (χ2n) is 6.56. The molecular weight excluding hydrogens is 340 g/mol. The van der Waals surface area contributed by atoms with Crippen LogP contribution >= 0.6 is 0 Å². The Morgan fingerprint density at radius 3 is 2.11 bits per heavy atom. The number of carbonyl (C=O) groups excluding carboxylic acids is 2. The van der Waals surface area contributed by atoms with Crippen molar-refractivity contribution in [2.45, 2.75) is 6.54 Å². The molecule has 5 heteroatoms. The number of rotatable bonds is 2. The fourth-order valence-electron chi connectivity index (χ4n) is 3.64. The molecule has 0 bridgehead atoms. The summed E-state index contributed by atoms with van der Waals surface area (Å²) in [5, 5.41) is 0. The van der Waals surface area contributed by atoms with E-state index in [9.17, 15) is 9.59 Å². The lowest BCUT2D eigenvalue weighted by molar-refractivity contribution is 0.0924. The number of nitrogens with zero attached hydrogens (tertiary/aromatic N) is 2. The minimum atomic E-state index is -0.307. The molecule has 0 unspecified atom stereocenters. The summed E-state index contributed by atoms with van der Waals surface area (Å²) in [7, 11) is 0. The first-order valence-electron chi connectivity index (χ1n) is 8.76. The maximum Gasteiger partial charge on any atom is 0.266 e. The smallest absolute Gasteiger partial charge is 0.266 e. The Balaban J connectivity index is 1.52. The van der Waals surface area contributed by atoms with Crippen LogP contribution in [0.3, 0.4) is 0 Å². The lowest BCUT2D eigenvalue weighted by atomic mass is 10.1. The number of para-hydroxylation sites is 2. The van der Waals surface area contributed by atoms with Crippen molar-refractivity contribution >= 4 is 23.2 Å². The molecule has 0 aliphatic carbocycles. The van der Waals surface area contributed by atoms with Crippen LogP contribution in [0.1, 0.15) is 26.3 Å². The van der Waals surface area contributed by atoms with Gasteiger partial charge in [-0.25, -0.2) is 4.90 Å². The molecule has 132 valence electrons. The third kappa shape index (κ3) is 2.39. The van der Waals surface area contributed by atoms with Gasteiger partial charge in [-0.2, -0.15) is 0 Å². The number of ether oxygens (including phenoxy) is 1. The molecule has 5 nitrogen and oxygen atoms in total. The van der Waals surface area contributed by atoms with Gasteiger partial charge in [0, 0.05) is 17.8 Å². The Kier molecular flexibility index (Phi) is 3.47. The third-order valence-electron chi connectivity index (χ3n) is 4.96. The highest BCUT2D eigenvalue weighted by Crippen LogP contribution is 2.40. The molecule has 0 aromatic heterocycles. The normalized spacial score (nSPS) is 15.4. The van der Waals surface area contributed by atoms with Gasteiger partial charge in [-0.1, -0.05) is 42.5 Å². The lowest BCUT2D eigenvalue weighted by Gasteiger charge is -2.32. The summed E-state index contributed by atoms with van der Waals surface area (Å²) in [5.41, 5.74) is 3.38. The summed E-state index contributed by atoms with van der Waals surface area (Å²) in [6.45, 7) is 1.01. The van der Waals surface area contributed by atoms with E-state index in [-0.39, 0.29) is 11.8 Å². The Morgan fingerprint density at radius 1 is 0.741 bits per heavy atom. The maximum atomic E-state index is 12.8. The molecule has 2 aliphatic heterocycles. The van der Waals surface area contributed by atoms with Crippen molar-refractivity contribution in [2.75, 3.05) is 16.5 Å². The Hall–Kier alpha value is -3.60. The monoisotopic (exact) mass is 356 g/mol. The summed E-state index contributed by atoms with van der Waals surface area (Å²) < 4.78 is 6.01. The Labute approximate surface area is 156 Å². The van der Waals surface area contributed by atoms with Crippen molar-refractivity contribution in [2.24, 2.45) is 0 Å². The summed E-state index contributed by atoms with van der Waals surface area (Å²) in [4.78, 5) is 29.0. The van der Waals surface area contributed by atoms with Crippen molar-refractivity contribution in [3.8, 4) is 5.75 Å². The zero-order chi connectivity index (χ0) is 18.4. The van der Waals surface area contributed by atoms with Gasteiger partial charge in [0.1, 0.15) is 0 Å². The van der Waals surface area contributed by atoms with E-state index in [0.717, 1.165) is 11.3 Å². The maximum absolute atomic E-state index is 12.8. The van der Waals surface area contributed by atoms with Gasteiger partial charge in [-0.05, 0) is 30.3 Å². The van der Waals surface area contributed by atoms with E-state index >= 15 is 0 Å². The average Bonchev–Trinajstić information content (AvgIpc) is 2.98. The molecule has 27 heavy (non-hydrogen) atoms. The van der Waals surface area contributed by atoms with Crippen LogP contribution in [0.15, 0.2) is 72.8 Å². The second-order valence-corrected chi connectivity index (χ2v) is 6.56. The number of amides is 2. The van der Waals surface area contributed by atoms with Gasteiger partial charge in [0.05, 0.1) is 16.8 Å². The molecule has 2 amide bonds. The van der Waals surface area contributed by atoms with Gasteiger partial charge in [0.2, 0.25) is 0 Å². The van der Waals surface area contributed by atoms with Gasteiger partial charge >= 0.3 is 0 Å². The van der Waals surface area contributed by atoms with E-state index in [4.69, 9.17) is 4.74 Å². The first-order valence-corrected chi connectivity index (χ1v) is 8.76. The molecule has 0 radical (unpaired) electrons. The van der Waals surface area contributed by atoms with E-state index in [1.807, 2.05) is 42.5 Å². The Morgan fingerprint density at radius 2 is 1.41 bits per heavy atom. The van der Waals surface area contributed by atoms with E-state index in [0.29, 0.717) is 35.8 Å². The predicted octanol–water partition coefficient (Wildman–Crippen LogP) is 3.84. The number of fused-ring (bicyclic) bond motifs is 2. The van der Waals surface area contributed by atoms with Crippen molar-refractivity contribution in [1.29, 1.82) is 0 Å². The summed E-state index contributed by atoms with van der Waals surface area (Å²) in [5.74, 6) is -0.0182. The van der Waals surface area contributed by atoms with Crippen LogP contribution in [0.2, 0.25) is 0 Å². The van der Waals surface area contributed by atoms with Gasteiger partial charge in [0.25, 0.3) is 11.8 Å². The number of hydrogen-bond acceptors (Lipinski definition) is 4. The van der Waals surface area contributed by atoms with Crippen molar-refractivity contribution < 1.29 is 14.3 Å². The highest BCUT2D eigenvalue weighted by molar-refractivity contribution is 6.34. The van der Waals surface area contributed by atoms with Gasteiger partial charge < -0.3 is 9.64 Å². The third-order valence-corrected chi connectivity index (χ3v) is 4.96. The SMILES string of the molecule is O=C1c2ccccc2C(=O)N1c1cccc2c1OCN(c1ccccc1)C2. The van der Waals surface area contributed by atoms with Crippen molar-refractivity contribution in [3.05, 3.63) is 89.5 Å². The second kappa shape index (κ2) is 5.99. The first-order chi connectivity index (χ1) is 13.2. The molecule has 2 heterocycles. The largest absolute Gasteiger partial charge is 0.471 e. The standard InChI is InChI=1S/C22H16N2O3/c25-21-17-10-4-5-11-18(17)22(26)24(21)19-12-6-7-15-13-23(14-27-20(15)19)16-8-2-1-3-9-16/h1-12H,13-14H2. The molecule has 0 saturated carbocycles. The van der Waals surface area contributed by atoms with Crippen LogP contribution in [-0.2, 0) is 6.54 Å². The summed E-state index contributed by atoms with van der Waals surface area (Å²) >= 11 is 0. The molecule has 5 rings (SSSR count). The topological polar surface area (TPSA) is 49.9 Å². The molecule has 3 aromatic rings. The van der Waals surface area contributed by atoms with Crippen LogP contribution in [-0.4, -0.2) is 18.5 Å². The van der Waals surface area contributed by atoms with Gasteiger partial charge in [0.15, 0.2) is 12.5 Å². The van der Waals surface area contributed by atoms with Gasteiger partial charge in [-0.3, -0.25) is 9.59 Å². The number of imide groups is 1.